The molecule has 0 saturated carbocycles. The fraction of sp³-hybridized carbons (Fsp3) is 0.143. The third-order valence-corrected chi connectivity index (χ3v) is 3.26. The molecular formula is C14H13N3O. The molecule has 2 aromatic rings. The van der Waals surface area contributed by atoms with Crippen LogP contribution >= 0.6 is 0 Å². The zero-order valence-electron chi connectivity index (χ0n) is 9.97. The normalized spacial score (nSPS) is 21.7. The van der Waals surface area contributed by atoms with Crippen LogP contribution in [0.2, 0.25) is 0 Å². The van der Waals surface area contributed by atoms with E-state index in [1.54, 1.807) is 12.4 Å². The van der Waals surface area contributed by atoms with Gasteiger partial charge in [-0.25, -0.2) is 0 Å². The van der Waals surface area contributed by atoms with Gasteiger partial charge in [-0.1, -0.05) is 30.3 Å². The number of rotatable bonds is 1. The number of fused-ring (bicyclic) bond motifs is 1. The zero-order chi connectivity index (χ0) is 12.6. The van der Waals surface area contributed by atoms with Gasteiger partial charge in [0, 0.05) is 6.20 Å². The van der Waals surface area contributed by atoms with Crippen LogP contribution in [0.25, 0.3) is 0 Å². The van der Waals surface area contributed by atoms with Crippen molar-refractivity contribution in [2.45, 2.75) is 12.5 Å². The first-order valence-electron chi connectivity index (χ1n) is 5.79. The molecule has 0 aliphatic carbocycles. The predicted octanol–water partition coefficient (Wildman–Crippen LogP) is 2.36. The van der Waals surface area contributed by atoms with E-state index >= 15 is 0 Å². The minimum absolute atomic E-state index is 0.0748. The molecule has 18 heavy (non-hydrogen) atoms. The SMILES string of the molecule is CC1(c2ccccc2)Nc2ccncc2NC1=O. The summed E-state index contributed by atoms with van der Waals surface area (Å²) < 4.78 is 0. The van der Waals surface area contributed by atoms with Crippen LogP contribution < -0.4 is 10.6 Å². The quantitative estimate of drug-likeness (QED) is 0.803. The number of carbonyl (C=O) groups excluding carboxylic acids is 1. The Morgan fingerprint density at radius 3 is 2.67 bits per heavy atom. The van der Waals surface area contributed by atoms with E-state index in [4.69, 9.17) is 0 Å². The van der Waals surface area contributed by atoms with E-state index in [-0.39, 0.29) is 5.91 Å². The predicted molar refractivity (Wildman–Crippen MR) is 70.3 cm³/mol. The van der Waals surface area contributed by atoms with Gasteiger partial charge in [-0.15, -0.1) is 0 Å². The third-order valence-electron chi connectivity index (χ3n) is 3.26. The summed E-state index contributed by atoms with van der Waals surface area (Å²) in [6, 6.07) is 11.5. The second kappa shape index (κ2) is 3.84. The first-order valence-corrected chi connectivity index (χ1v) is 5.79. The Morgan fingerprint density at radius 2 is 1.89 bits per heavy atom. The molecule has 0 radical (unpaired) electrons. The van der Waals surface area contributed by atoms with E-state index in [1.807, 2.05) is 43.3 Å². The Morgan fingerprint density at radius 1 is 1.11 bits per heavy atom. The summed E-state index contributed by atoms with van der Waals surface area (Å²) in [5, 5.41) is 6.17. The van der Waals surface area contributed by atoms with Gasteiger partial charge in [0.1, 0.15) is 5.54 Å². The molecule has 0 fully saturated rings. The Balaban J connectivity index is 2.07. The fourth-order valence-electron chi connectivity index (χ4n) is 2.15. The number of benzene rings is 1. The number of nitrogens with one attached hydrogen (secondary N) is 2. The van der Waals surface area contributed by atoms with Gasteiger partial charge in [0.05, 0.1) is 17.6 Å². The molecule has 1 amide bonds. The highest BCUT2D eigenvalue weighted by molar-refractivity contribution is 6.06. The summed E-state index contributed by atoms with van der Waals surface area (Å²) >= 11 is 0. The van der Waals surface area contributed by atoms with Crippen molar-refractivity contribution >= 4 is 17.3 Å². The molecule has 2 N–H and O–H groups in total. The minimum Gasteiger partial charge on any atom is -0.366 e. The third kappa shape index (κ3) is 1.54. The summed E-state index contributed by atoms with van der Waals surface area (Å²) in [5.74, 6) is -0.0748. The van der Waals surface area contributed by atoms with E-state index in [0.717, 1.165) is 16.9 Å². The highest BCUT2D eigenvalue weighted by Crippen LogP contribution is 2.35. The fourth-order valence-corrected chi connectivity index (χ4v) is 2.15. The molecule has 2 heterocycles. The first-order chi connectivity index (χ1) is 8.70. The van der Waals surface area contributed by atoms with E-state index < -0.39 is 5.54 Å². The molecule has 1 aromatic heterocycles. The van der Waals surface area contributed by atoms with Crippen LogP contribution in [-0.2, 0) is 10.3 Å². The molecular weight excluding hydrogens is 226 g/mol. The van der Waals surface area contributed by atoms with Crippen LogP contribution in [0.3, 0.4) is 0 Å². The summed E-state index contributed by atoms with van der Waals surface area (Å²) in [6.45, 7) is 1.88. The lowest BCUT2D eigenvalue weighted by molar-refractivity contribution is -0.120. The maximum absolute atomic E-state index is 12.3. The topological polar surface area (TPSA) is 54.0 Å². The maximum Gasteiger partial charge on any atom is 0.254 e. The molecule has 4 nitrogen and oxygen atoms in total. The molecule has 0 saturated heterocycles. The molecule has 0 spiro atoms. The second-order valence-corrected chi connectivity index (χ2v) is 4.49. The number of nitrogens with zero attached hydrogens (tertiary/aromatic N) is 1. The summed E-state index contributed by atoms with van der Waals surface area (Å²) in [7, 11) is 0. The summed E-state index contributed by atoms with van der Waals surface area (Å²) in [6.07, 6.45) is 3.35. The van der Waals surface area contributed by atoms with Crippen molar-refractivity contribution in [3.63, 3.8) is 0 Å². The Bertz CT molecular complexity index is 597. The second-order valence-electron chi connectivity index (χ2n) is 4.49. The van der Waals surface area contributed by atoms with Gasteiger partial charge < -0.3 is 10.6 Å². The van der Waals surface area contributed by atoms with Crippen molar-refractivity contribution < 1.29 is 4.79 Å². The molecule has 1 atom stereocenters. The number of pyridine rings is 1. The van der Waals surface area contributed by atoms with E-state index in [1.165, 1.54) is 0 Å². The number of hydrogen-bond acceptors (Lipinski definition) is 3. The van der Waals surface area contributed by atoms with Crippen LogP contribution in [0.5, 0.6) is 0 Å². The van der Waals surface area contributed by atoms with Gasteiger partial charge in [0.15, 0.2) is 0 Å². The molecule has 3 rings (SSSR count). The lowest BCUT2D eigenvalue weighted by Crippen LogP contribution is -2.47. The van der Waals surface area contributed by atoms with Gasteiger partial charge in [0.2, 0.25) is 0 Å². The average Bonchev–Trinajstić information content (AvgIpc) is 2.41. The van der Waals surface area contributed by atoms with E-state index in [0.29, 0.717) is 0 Å². The van der Waals surface area contributed by atoms with Gasteiger partial charge >= 0.3 is 0 Å². The van der Waals surface area contributed by atoms with Gasteiger partial charge in [-0.3, -0.25) is 9.78 Å². The molecule has 4 heteroatoms. The monoisotopic (exact) mass is 239 g/mol. The highest BCUT2D eigenvalue weighted by atomic mass is 16.2. The van der Waals surface area contributed by atoms with Crippen LogP contribution in [-0.4, -0.2) is 10.9 Å². The largest absolute Gasteiger partial charge is 0.366 e. The summed E-state index contributed by atoms with van der Waals surface area (Å²) in [5.41, 5.74) is 1.78. The van der Waals surface area contributed by atoms with Crippen molar-refractivity contribution in [2.24, 2.45) is 0 Å². The number of anilines is 2. The van der Waals surface area contributed by atoms with Crippen molar-refractivity contribution in [2.75, 3.05) is 10.6 Å². The number of carbonyl (C=O) groups is 1. The van der Waals surface area contributed by atoms with Gasteiger partial charge in [-0.05, 0) is 18.6 Å². The lowest BCUT2D eigenvalue weighted by Gasteiger charge is -2.35. The molecule has 90 valence electrons. The van der Waals surface area contributed by atoms with Crippen LogP contribution in [0.15, 0.2) is 48.8 Å². The smallest absolute Gasteiger partial charge is 0.254 e. The number of amides is 1. The van der Waals surface area contributed by atoms with Crippen molar-refractivity contribution in [3.8, 4) is 0 Å². The van der Waals surface area contributed by atoms with Crippen LogP contribution in [0.1, 0.15) is 12.5 Å². The Hall–Kier alpha value is -2.36. The molecule has 1 aliphatic heterocycles. The van der Waals surface area contributed by atoms with Gasteiger partial charge in [-0.2, -0.15) is 0 Å². The zero-order valence-corrected chi connectivity index (χ0v) is 9.97. The van der Waals surface area contributed by atoms with Crippen molar-refractivity contribution in [3.05, 3.63) is 54.4 Å². The maximum atomic E-state index is 12.3. The van der Waals surface area contributed by atoms with Crippen molar-refractivity contribution in [1.29, 1.82) is 0 Å². The first kappa shape index (κ1) is 10.8. The van der Waals surface area contributed by atoms with Crippen LogP contribution in [0, 0.1) is 0 Å². The summed E-state index contributed by atoms with van der Waals surface area (Å²) in [4.78, 5) is 16.3. The van der Waals surface area contributed by atoms with Gasteiger partial charge in [0.25, 0.3) is 5.91 Å². The van der Waals surface area contributed by atoms with Crippen LogP contribution in [0.4, 0.5) is 11.4 Å². The highest BCUT2D eigenvalue weighted by Gasteiger charge is 2.39. The molecule has 1 aliphatic rings. The molecule has 1 aromatic carbocycles. The number of hydrogen-bond donors (Lipinski definition) is 2. The Kier molecular flexibility index (Phi) is 2.30. The molecule has 0 bridgehead atoms. The standard InChI is InChI=1S/C14H13N3O/c1-14(10-5-3-2-4-6-10)13(18)16-12-9-15-8-7-11(12)17-14/h2-9,17H,1H3,(H,16,18). The average molecular weight is 239 g/mol. The minimum atomic E-state index is -0.754. The lowest BCUT2D eigenvalue weighted by atomic mass is 9.89. The molecule has 1 unspecified atom stereocenters. The van der Waals surface area contributed by atoms with Crippen molar-refractivity contribution in [1.82, 2.24) is 4.98 Å². The number of aromatic nitrogens is 1. The van der Waals surface area contributed by atoms with E-state index in [2.05, 4.69) is 15.6 Å². The van der Waals surface area contributed by atoms with E-state index in [9.17, 15) is 4.79 Å². The Labute approximate surface area is 105 Å².